The van der Waals surface area contributed by atoms with Crippen molar-refractivity contribution in [2.75, 3.05) is 19.8 Å². The Morgan fingerprint density at radius 1 is 0.468 bits per heavy atom. The van der Waals surface area contributed by atoms with E-state index < -0.39 is 86.8 Å². The predicted molar refractivity (Wildman–Crippen MR) is 318 cm³/mol. The number of nitrogens with one attached hydrogen (secondary N) is 1. The molecule has 0 spiro atoms. The molecule has 12 atom stereocenters. The molecule has 2 heterocycles. The van der Waals surface area contributed by atoms with Crippen molar-refractivity contribution in [1.29, 1.82) is 0 Å². The van der Waals surface area contributed by atoms with E-state index in [4.69, 9.17) is 18.9 Å². The van der Waals surface area contributed by atoms with E-state index in [2.05, 4.69) is 116 Å². The molecule has 2 aliphatic rings. The van der Waals surface area contributed by atoms with E-state index in [9.17, 15) is 45.6 Å². The molecule has 0 bridgehead atoms. The molecule has 79 heavy (non-hydrogen) atoms. The van der Waals surface area contributed by atoms with Gasteiger partial charge in [0.25, 0.3) is 0 Å². The fourth-order valence-electron chi connectivity index (χ4n) is 9.61. The van der Waals surface area contributed by atoms with Gasteiger partial charge in [-0.25, -0.2) is 0 Å². The quantitative estimate of drug-likeness (QED) is 0.0204. The van der Waals surface area contributed by atoms with Gasteiger partial charge in [-0.1, -0.05) is 227 Å². The van der Waals surface area contributed by atoms with Gasteiger partial charge in [-0.3, -0.25) is 4.79 Å². The third kappa shape index (κ3) is 34.8. The number of unbranched alkanes of at least 4 members (excludes halogenated alkanes) is 19. The molecule has 1 amide bonds. The number of aliphatic hydroxyl groups excluding tert-OH is 8. The summed E-state index contributed by atoms with van der Waals surface area (Å²) in [5.41, 5.74) is 0. The highest BCUT2D eigenvalue weighted by Crippen LogP contribution is 2.30. The van der Waals surface area contributed by atoms with Gasteiger partial charge in [0.15, 0.2) is 12.6 Å². The van der Waals surface area contributed by atoms with Crippen molar-refractivity contribution in [2.24, 2.45) is 0 Å². The van der Waals surface area contributed by atoms with Gasteiger partial charge < -0.3 is 65.1 Å². The molecule has 0 saturated carbocycles. The first kappa shape index (κ1) is 72.0. The summed E-state index contributed by atoms with van der Waals surface area (Å²) in [6, 6.07) is -0.835. The van der Waals surface area contributed by atoms with Gasteiger partial charge in [0.2, 0.25) is 5.91 Å². The summed E-state index contributed by atoms with van der Waals surface area (Å²) in [6.45, 7) is 2.71. The zero-order valence-corrected chi connectivity index (χ0v) is 48.8. The largest absolute Gasteiger partial charge is 0.394 e. The first-order valence-corrected chi connectivity index (χ1v) is 31.0. The van der Waals surface area contributed by atoms with Crippen LogP contribution in [0.2, 0.25) is 0 Å². The maximum atomic E-state index is 13.2. The lowest BCUT2D eigenvalue weighted by Crippen LogP contribution is -2.65. The summed E-state index contributed by atoms with van der Waals surface area (Å²) in [5, 5.41) is 87.1. The molecule has 0 aromatic carbocycles. The summed E-state index contributed by atoms with van der Waals surface area (Å²) < 4.78 is 22.8. The molecular weight excluding hydrogens is 1000 g/mol. The Morgan fingerprint density at radius 3 is 1.34 bits per heavy atom. The molecule has 14 heteroatoms. The number of carbonyl (C=O) groups excluding carboxylic acids is 1. The van der Waals surface area contributed by atoms with Crippen LogP contribution in [-0.4, -0.2) is 140 Å². The van der Waals surface area contributed by atoms with Crippen LogP contribution in [-0.2, 0) is 23.7 Å². The number of rotatable bonds is 48. The van der Waals surface area contributed by atoms with Crippen molar-refractivity contribution in [1.82, 2.24) is 5.32 Å². The Labute approximate surface area is 477 Å². The highest BCUT2D eigenvalue weighted by atomic mass is 16.7. The lowest BCUT2D eigenvalue weighted by molar-refractivity contribution is -0.359. The van der Waals surface area contributed by atoms with Gasteiger partial charge >= 0.3 is 0 Å². The minimum absolute atomic E-state index is 0.217. The van der Waals surface area contributed by atoms with Gasteiger partial charge in [-0.15, -0.1) is 0 Å². The van der Waals surface area contributed by atoms with Crippen molar-refractivity contribution in [3.63, 3.8) is 0 Å². The third-order valence-electron chi connectivity index (χ3n) is 14.6. The number of hydrogen-bond donors (Lipinski definition) is 9. The van der Waals surface area contributed by atoms with Gasteiger partial charge in [-0.2, -0.15) is 0 Å². The minimum atomic E-state index is -1.79. The summed E-state index contributed by atoms with van der Waals surface area (Å²) in [4.78, 5) is 13.2. The maximum absolute atomic E-state index is 13.2. The number of allylic oxidation sites excluding steroid dienone is 16. The van der Waals surface area contributed by atoms with Crippen molar-refractivity contribution in [3.05, 3.63) is 97.2 Å². The first-order valence-electron chi connectivity index (χ1n) is 31.0. The normalized spacial score (nSPS) is 25.1. The zero-order valence-electron chi connectivity index (χ0n) is 48.8. The molecule has 0 radical (unpaired) electrons. The summed E-state index contributed by atoms with van der Waals surface area (Å²) in [5.74, 6) is -0.217. The molecule has 2 rings (SSSR count). The van der Waals surface area contributed by atoms with Crippen LogP contribution >= 0.6 is 0 Å². The SMILES string of the molecule is CC/C=C\C/C=C\C/C=C\C/C=C\C/C=C\C/C=C\C/C=C\C/C=C\CCCCCCCCCCCCC(=O)NC(COC1OC(CO)C(OC2OC(CO)C(O)C(O)C2O)C(O)C1O)C(O)CCCCCCCCCCCC. The standard InChI is InChI=1S/C65H111NO13/c1-3-5-7-9-11-13-15-16-17-18-19-20-21-22-23-24-25-26-27-28-29-30-31-32-33-34-35-36-37-38-39-41-43-45-47-49-57(70)66-53(54(69)48-46-44-42-40-14-12-10-8-6-4-2)52-76-64-62(75)60(73)63(56(51-68)78-64)79-65-61(74)59(72)58(71)55(50-67)77-65/h5,7,11,13,16-17,19-20,22-23,25-26,28-29,31-32,53-56,58-65,67-69,71-75H,3-4,6,8-10,12,14-15,18,21,24,27,30,33-52H2,1-2H3,(H,66,70)/b7-5-,13-11-,17-16-,20-19-,23-22-,26-25-,29-28-,32-31-. The van der Waals surface area contributed by atoms with E-state index in [0.717, 1.165) is 103 Å². The molecule has 14 nitrogen and oxygen atoms in total. The van der Waals surface area contributed by atoms with Crippen molar-refractivity contribution in [3.8, 4) is 0 Å². The Balaban J connectivity index is 1.62. The second kappa shape index (κ2) is 49.5. The molecule has 0 aromatic heterocycles. The van der Waals surface area contributed by atoms with Gasteiger partial charge in [0, 0.05) is 6.42 Å². The van der Waals surface area contributed by atoms with Gasteiger partial charge in [0.05, 0.1) is 32.0 Å². The summed E-state index contributed by atoms with van der Waals surface area (Å²) >= 11 is 0. The zero-order chi connectivity index (χ0) is 57.4. The van der Waals surface area contributed by atoms with Crippen LogP contribution in [0.5, 0.6) is 0 Å². The lowest BCUT2D eigenvalue weighted by Gasteiger charge is -2.46. The highest BCUT2D eigenvalue weighted by molar-refractivity contribution is 5.76. The van der Waals surface area contributed by atoms with Crippen LogP contribution in [0, 0.1) is 0 Å². The molecule has 0 aromatic rings. The average Bonchev–Trinajstić information content (AvgIpc) is 3.47. The Kier molecular flexibility index (Phi) is 45.1. The minimum Gasteiger partial charge on any atom is -0.394 e. The number of ether oxygens (including phenoxy) is 4. The average molecular weight is 1110 g/mol. The number of hydrogen-bond acceptors (Lipinski definition) is 13. The van der Waals surface area contributed by atoms with Crippen LogP contribution in [0.4, 0.5) is 0 Å². The molecule has 2 fully saturated rings. The molecule has 0 aliphatic carbocycles. The van der Waals surface area contributed by atoms with Crippen LogP contribution < -0.4 is 5.32 Å². The molecule has 2 saturated heterocycles. The molecule has 454 valence electrons. The van der Waals surface area contributed by atoms with Crippen LogP contribution in [0.1, 0.15) is 213 Å². The second-order valence-electron chi connectivity index (χ2n) is 21.5. The van der Waals surface area contributed by atoms with E-state index in [1.54, 1.807) is 0 Å². The van der Waals surface area contributed by atoms with Crippen LogP contribution in [0.25, 0.3) is 0 Å². The smallest absolute Gasteiger partial charge is 0.220 e. The molecule has 9 N–H and O–H groups in total. The van der Waals surface area contributed by atoms with Gasteiger partial charge in [0.1, 0.15) is 48.8 Å². The summed E-state index contributed by atoms with van der Waals surface area (Å²) in [7, 11) is 0. The van der Waals surface area contributed by atoms with Crippen LogP contribution in [0.15, 0.2) is 97.2 Å². The Morgan fingerprint density at radius 2 is 0.873 bits per heavy atom. The molecule has 12 unspecified atom stereocenters. The predicted octanol–water partition coefficient (Wildman–Crippen LogP) is 11.1. The number of aliphatic hydroxyl groups is 8. The Hall–Kier alpha value is -3.09. The first-order chi connectivity index (χ1) is 38.6. The van der Waals surface area contributed by atoms with E-state index >= 15 is 0 Å². The fraction of sp³-hybridized carbons (Fsp3) is 0.738. The van der Waals surface area contributed by atoms with E-state index in [1.165, 1.54) is 77.0 Å². The maximum Gasteiger partial charge on any atom is 0.220 e. The number of carbonyl (C=O) groups is 1. The van der Waals surface area contributed by atoms with Crippen molar-refractivity contribution in [2.45, 2.75) is 286 Å². The second-order valence-corrected chi connectivity index (χ2v) is 21.5. The Bertz CT molecular complexity index is 1690. The monoisotopic (exact) mass is 1110 g/mol. The van der Waals surface area contributed by atoms with E-state index in [0.29, 0.717) is 19.3 Å². The van der Waals surface area contributed by atoms with E-state index in [1.807, 2.05) is 0 Å². The van der Waals surface area contributed by atoms with Crippen LogP contribution in [0.3, 0.4) is 0 Å². The summed E-state index contributed by atoms with van der Waals surface area (Å²) in [6.07, 6.45) is 51.4. The highest BCUT2D eigenvalue weighted by Gasteiger charge is 2.51. The fourth-order valence-corrected chi connectivity index (χ4v) is 9.61. The molecule has 2 aliphatic heterocycles. The number of amides is 1. The van der Waals surface area contributed by atoms with Crippen molar-refractivity contribution < 1.29 is 64.6 Å². The third-order valence-corrected chi connectivity index (χ3v) is 14.6. The topological polar surface area (TPSA) is 228 Å². The lowest BCUT2D eigenvalue weighted by atomic mass is 9.97. The molecular formula is C65H111NO13. The van der Waals surface area contributed by atoms with E-state index in [-0.39, 0.29) is 12.5 Å². The van der Waals surface area contributed by atoms with Gasteiger partial charge in [-0.05, 0) is 77.0 Å². The van der Waals surface area contributed by atoms with Crippen molar-refractivity contribution >= 4 is 5.91 Å².